The standard InChI is InChI=1S/C15H30O/c1-13(2)7-5-8-14(3)9-6-10-15(4)11-12-16/h7,14-16H,5-6,8-12H2,1-4H3/t14-,15-/m1/s1. The zero-order chi connectivity index (χ0) is 12.4. The monoisotopic (exact) mass is 226 g/mol. The third kappa shape index (κ3) is 10.2. The molecule has 0 heterocycles. The highest BCUT2D eigenvalue weighted by Crippen LogP contribution is 2.18. The minimum absolute atomic E-state index is 0.345. The summed E-state index contributed by atoms with van der Waals surface area (Å²) in [6.07, 6.45) is 9.78. The number of rotatable bonds is 9. The van der Waals surface area contributed by atoms with E-state index in [-0.39, 0.29) is 0 Å². The molecule has 0 fully saturated rings. The maximum Gasteiger partial charge on any atom is 0.0433 e. The van der Waals surface area contributed by atoms with E-state index in [1.54, 1.807) is 0 Å². The largest absolute Gasteiger partial charge is 0.396 e. The Labute approximate surface area is 102 Å². The molecule has 0 aromatic rings. The highest BCUT2D eigenvalue weighted by molar-refractivity contribution is 4.92. The second-order valence-corrected chi connectivity index (χ2v) is 5.51. The summed E-state index contributed by atoms with van der Waals surface area (Å²) >= 11 is 0. The quantitative estimate of drug-likeness (QED) is 0.571. The van der Waals surface area contributed by atoms with Crippen molar-refractivity contribution in [2.75, 3.05) is 6.61 Å². The summed E-state index contributed by atoms with van der Waals surface area (Å²) in [5.74, 6) is 1.53. The zero-order valence-electron chi connectivity index (χ0n) is 11.6. The topological polar surface area (TPSA) is 20.2 Å². The summed E-state index contributed by atoms with van der Waals surface area (Å²) in [5.41, 5.74) is 1.43. The van der Waals surface area contributed by atoms with E-state index >= 15 is 0 Å². The molecule has 0 aliphatic heterocycles. The molecule has 0 bridgehead atoms. The molecule has 0 aliphatic rings. The molecule has 0 saturated carbocycles. The Morgan fingerprint density at radius 1 is 1.00 bits per heavy atom. The number of aliphatic hydroxyl groups excluding tert-OH is 1. The summed E-state index contributed by atoms with van der Waals surface area (Å²) in [6.45, 7) is 9.28. The lowest BCUT2D eigenvalue weighted by Crippen LogP contribution is -2.00. The molecule has 0 spiro atoms. The third-order valence-electron chi connectivity index (χ3n) is 3.23. The van der Waals surface area contributed by atoms with Crippen LogP contribution in [0.5, 0.6) is 0 Å². The molecule has 0 amide bonds. The average Bonchev–Trinajstić information content (AvgIpc) is 2.17. The molecule has 0 radical (unpaired) electrons. The van der Waals surface area contributed by atoms with Crippen molar-refractivity contribution in [3.63, 3.8) is 0 Å². The first-order valence-corrected chi connectivity index (χ1v) is 6.80. The van der Waals surface area contributed by atoms with E-state index in [2.05, 4.69) is 33.8 Å². The van der Waals surface area contributed by atoms with E-state index in [4.69, 9.17) is 5.11 Å². The van der Waals surface area contributed by atoms with E-state index in [0.717, 1.165) is 12.3 Å². The fourth-order valence-electron chi connectivity index (χ4n) is 1.98. The maximum atomic E-state index is 8.81. The minimum atomic E-state index is 0.345. The van der Waals surface area contributed by atoms with E-state index in [1.807, 2.05) is 0 Å². The molecule has 1 nitrogen and oxygen atoms in total. The van der Waals surface area contributed by atoms with Gasteiger partial charge in [0.15, 0.2) is 0 Å². The smallest absolute Gasteiger partial charge is 0.0433 e. The molecule has 0 saturated heterocycles. The Kier molecular flexibility index (Phi) is 9.71. The number of hydrogen-bond donors (Lipinski definition) is 1. The molecule has 0 rings (SSSR count). The van der Waals surface area contributed by atoms with E-state index in [1.165, 1.54) is 37.7 Å². The first kappa shape index (κ1) is 15.7. The lowest BCUT2D eigenvalue weighted by atomic mass is 9.94. The molecule has 0 aromatic carbocycles. The van der Waals surface area contributed by atoms with Crippen LogP contribution in [0.2, 0.25) is 0 Å². The van der Waals surface area contributed by atoms with Crippen LogP contribution in [0.25, 0.3) is 0 Å². The number of allylic oxidation sites excluding steroid dienone is 2. The van der Waals surface area contributed by atoms with Crippen molar-refractivity contribution in [2.24, 2.45) is 11.8 Å². The third-order valence-corrected chi connectivity index (χ3v) is 3.23. The van der Waals surface area contributed by atoms with Crippen molar-refractivity contribution in [2.45, 2.75) is 66.2 Å². The Hall–Kier alpha value is -0.300. The molecule has 96 valence electrons. The summed E-state index contributed by atoms with van der Waals surface area (Å²) in [6, 6.07) is 0. The second-order valence-electron chi connectivity index (χ2n) is 5.51. The SMILES string of the molecule is CC(C)=CCC[C@@H](C)CCC[C@@H](C)CCO. The molecular formula is C15H30O. The van der Waals surface area contributed by atoms with Gasteiger partial charge < -0.3 is 5.11 Å². The first-order chi connectivity index (χ1) is 7.56. The molecular weight excluding hydrogens is 196 g/mol. The summed E-state index contributed by atoms with van der Waals surface area (Å²) < 4.78 is 0. The lowest BCUT2D eigenvalue weighted by molar-refractivity contribution is 0.255. The van der Waals surface area contributed by atoms with Crippen LogP contribution in [-0.2, 0) is 0 Å². The highest BCUT2D eigenvalue weighted by atomic mass is 16.3. The minimum Gasteiger partial charge on any atom is -0.396 e. The van der Waals surface area contributed by atoms with Crippen molar-refractivity contribution < 1.29 is 5.11 Å². The van der Waals surface area contributed by atoms with Crippen molar-refractivity contribution in [1.29, 1.82) is 0 Å². The molecule has 0 unspecified atom stereocenters. The van der Waals surface area contributed by atoms with Gasteiger partial charge in [0, 0.05) is 6.61 Å². The van der Waals surface area contributed by atoms with Crippen molar-refractivity contribution in [3.8, 4) is 0 Å². The molecule has 2 atom stereocenters. The summed E-state index contributed by atoms with van der Waals surface area (Å²) in [7, 11) is 0. The van der Waals surface area contributed by atoms with Gasteiger partial charge in [0.2, 0.25) is 0 Å². The van der Waals surface area contributed by atoms with E-state index < -0.39 is 0 Å². The van der Waals surface area contributed by atoms with Gasteiger partial charge in [-0.25, -0.2) is 0 Å². The predicted octanol–water partition coefficient (Wildman–Crippen LogP) is 4.56. The van der Waals surface area contributed by atoms with Gasteiger partial charge in [-0.1, -0.05) is 44.8 Å². The van der Waals surface area contributed by atoms with Gasteiger partial charge in [-0.05, 0) is 44.9 Å². The van der Waals surface area contributed by atoms with Gasteiger partial charge in [0.1, 0.15) is 0 Å². The molecule has 1 heteroatoms. The van der Waals surface area contributed by atoms with Crippen LogP contribution in [-0.4, -0.2) is 11.7 Å². The van der Waals surface area contributed by atoms with E-state index in [0.29, 0.717) is 12.5 Å². The summed E-state index contributed by atoms with van der Waals surface area (Å²) in [4.78, 5) is 0. The van der Waals surface area contributed by atoms with Crippen LogP contribution in [0.3, 0.4) is 0 Å². The van der Waals surface area contributed by atoms with Crippen molar-refractivity contribution in [1.82, 2.24) is 0 Å². The molecule has 16 heavy (non-hydrogen) atoms. The normalized spacial score (nSPS) is 14.6. The first-order valence-electron chi connectivity index (χ1n) is 6.80. The van der Waals surface area contributed by atoms with Crippen LogP contribution in [0, 0.1) is 11.8 Å². The molecule has 1 N–H and O–H groups in total. The Morgan fingerprint density at radius 3 is 2.06 bits per heavy atom. The van der Waals surface area contributed by atoms with Gasteiger partial charge in [-0.3, -0.25) is 0 Å². The van der Waals surface area contributed by atoms with Crippen LogP contribution in [0.4, 0.5) is 0 Å². The zero-order valence-corrected chi connectivity index (χ0v) is 11.6. The van der Waals surface area contributed by atoms with Gasteiger partial charge >= 0.3 is 0 Å². The Balaban J connectivity index is 3.43. The van der Waals surface area contributed by atoms with Crippen LogP contribution in [0.1, 0.15) is 66.2 Å². The molecule has 0 aromatic heterocycles. The Bertz CT molecular complexity index is 180. The predicted molar refractivity (Wildman–Crippen MR) is 72.5 cm³/mol. The van der Waals surface area contributed by atoms with Crippen LogP contribution >= 0.6 is 0 Å². The average molecular weight is 226 g/mol. The Morgan fingerprint density at radius 2 is 1.56 bits per heavy atom. The fraction of sp³-hybridized carbons (Fsp3) is 0.867. The van der Waals surface area contributed by atoms with E-state index in [9.17, 15) is 0 Å². The van der Waals surface area contributed by atoms with Gasteiger partial charge in [0.05, 0.1) is 0 Å². The van der Waals surface area contributed by atoms with Crippen molar-refractivity contribution >= 4 is 0 Å². The maximum absolute atomic E-state index is 8.81. The number of hydrogen-bond acceptors (Lipinski definition) is 1. The lowest BCUT2D eigenvalue weighted by Gasteiger charge is -2.13. The van der Waals surface area contributed by atoms with Crippen molar-refractivity contribution in [3.05, 3.63) is 11.6 Å². The number of aliphatic hydroxyl groups is 1. The van der Waals surface area contributed by atoms with Gasteiger partial charge in [-0.15, -0.1) is 0 Å². The highest BCUT2D eigenvalue weighted by Gasteiger charge is 2.04. The summed E-state index contributed by atoms with van der Waals surface area (Å²) in [5, 5.41) is 8.81. The van der Waals surface area contributed by atoms with Crippen LogP contribution < -0.4 is 0 Å². The van der Waals surface area contributed by atoms with Gasteiger partial charge in [-0.2, -0.15) is 0 Å². The fourth-order valence-corrected chi connectivity index (χ4v) is 1.98. The molecule has 0 aliphatic carbocycles. The van der Waals surface area contributed by atoms with Gasteiger partial charge in [0.25, 0.3) is 0 Å². The van der Waals surface area contributed by atoms with Crippen LogP contribution in [0.15, 0.2) is 11.6 Å². The second kappa shape index (κ2) is 9.89.